The molecule has 0 saturated heterocycles. The fraction of sp³-hybridized carbons (Fsp3) is 0.412. The maximum atomic E-state index is 12.1. The monoisotopic (exact) mass is 366 g/mol. The van der Waals surface area contributed by atoms with E-state index in [-0.39, 0.29) is 5.78 Å². The van der Waals surface area contributed by atoms with E-state index in [4.69, 9.17) is 4.74 Å². The van der Waals surface area contributed by atoms with Crippen LogP contribution >= 0.6 is 15.9 Å². The van der Waals surface area contributed by atoms with Gasteiger partial charge in [-0.2, -0.15) is 0 Å². The summed E-state index contributed by atoms with van der Waals surface area (Å²) in [7, 11) is 1.61. The van der Waals surface area contributed by atoms with E-state index < -0.39 is 11.9 Å². The van der Waals surface area contributed by atoms with Gasteiger partial charge in [0.05, 0.1) is 13.0 Å². The topological polar surface area (TPSA) is 63.6 Å². The zero-order valence-electron chi connectivity index (χ0n) is 12.7. The van der Waals surface area contributed by atoms with Crippen LogP contribution in [0.3, 0.4) is 0 Å². The predicted octanol–water partition coefficient (Wildman–Crippen LogP) is 3.77. The molecule has 5 heteroatoms. The molecule has 1 N–H and O–H groups in total. The third-order valence-electron chi connectivity index (χ3n) is 4.20. The van der Waals surface area contributed by atoms with Gasteiger partial charge >= 0.3 is 5.97 Å². The Bertz CT molecular complexity index is 634. The number of aryl methyl sites for hydroxylation is 1. The van der Waals surface area contributed by atoms with Crippen molar-refractivity contribution >= 4 is 27.7 Å². The Hall–Kier alpha value is -1.62. The van der Waals surface area contributed by atoms with Gasteiger partial charge in [-0.1, -0.05) is 27.6 Å². The Labute approximate surface area is 138 Å². The Morgan fingerprint density at radius 1 is 1.41 bits per heavy atom. The highest BCUT2D eigenvalue weighted by Crippen LogP contribution is 2.32. The van der Waals surface area contributed by atoms with Crippen LogP contribution in [0.15, 0.2) is 33.8 Å². The second-order valence-electron chi connectivity index (χ2n) is 5.47. The second-order valence-corrected chi connectivity index (χ2v) is 6.33. The second kappa shape index (κ2) is 7.09. The first-order chi connectivity index (χ1) is 10.4. The summed E-state index contributed by atoms with van der Waals surface area (Å²) in [4.78, 5) is 23.3. The zero-order valence-corrected chi connectivity index (χ0v) is 14.3. The minimum absolute atomic E-state index is 0.0830. The molecule has 1 aliphatic carbocycles. The number of hydrogen-bond donors (Lipinski definition) is 1. The van der Waals surface area contributed by atoms with Crippen LogP contribution in [-0.4, -0.2) is 24.0 Å². The number of halogens is 1. The molecular formula is C17H19BrO4. The van der Waals surface area contributed by atoms with Gasteiger partial charge in [0.25, 0.3) is 0 Å². The van der Waals surface area contributed by atoms with Crippen molar-refractivity contribution in [1.82, 2.24) is 0 Å². The van der Waals surface area contributed by atoms with Crippen LogP contribution in [0.25, 0.3) is 0 Å². The molecule has 1 unspecified atom stereocenters. The summed E-state index contributed by atoms with van der Waals surface area (Å²) in [5.41, 5.74) is 2.47. The number of carboxylic acid groups (broad SMARTS) is 1. The molecule has 0 bridgehead atoms. The lowest BCUT2D eigenvalue weighted by molar-refractivity contribution is -0.140. The number of benzene rings is 1. The fourth-order valence-corrected chi connectivity index (χ4v) is 3.39. The van der Waals surface area contributed by atoms with E-state index >= 15 is 0 Å². The number of aliphatic carboxylic acids is 1. The Kier molecular flexibility index (Phi) is 5.40. The minimum Gasteiger partial charge on any atom is -0.497 e. The molecule has 0 amide bonds. The molecule has 1 atom stereocenters. The van der Waals surface area contributed by atoms with Gasteiger partial charge in [0.1, 0.15) is 5.75 Å². The van der Waals surface area contributed by atoms with Crippen LogP contribution in [0.1, 0.15) is 31.7 Å². The Balaban J connectivity index is 2.17. The number of carboxylic acids is 1. The van der Waals surface area contributed by atoms with Crippen molar-refractivity contribution in [3.8, 4) is 5.75 Å². The van der Waals surface area contributed by atoms with Crippen molar-refractivity contribution in [3.63, 3.8) is 0 Å². The number of Topliss-reactive ketones (excluding diaryl/α,β-unsaturated/α-hetero) is 1. The van der Waals surface area contributed by atoms with Crippen molar-refractivity contribution in [1.29, 1.82) is 0 Å². The maximum Gasteiger partial charge on any atom is 0.310 e. The standard InChI is InChI=1S/C17H19BrO4/c1-10-13(16(19)8-7-14(10)17(20)21)6-4-11-3-5-12(22-2)9-15(11)18/h3,5,9,14H,4,6-8H2,1-2H3,(H,20,21). The van der Waals surface area contributed by atoms with Crippen LogP contribution in [-0.2, 0) is 16.0 Å². The van der Waals surface area contributed by atoms with Crippen LogP contribution in [0, 0.1) is 5.92 Å². The van der Waals surface area contributed by atoms with E-state index in [2.05, 4.69) is 15.9 Å². The smallest absolute Gasteiger partial charge is 0.310 e. The van der Waals surface area contributed by atoms with Crippen molar-refractivity contribution in [2.24, 2.45) is 5.92 Å². The molecule has 0 aromatic heterocycles. The lowest BCUT2D eigenvalue weighted by Crippen LogP contribution is -2.24. The van der Waals surface area contributed by atoms with E-state index in [9.17, 15) is 14.7 Å². The number of carbonyl (C=O) groups is 2. The lowest BCUT2D eigenvalue weighted by atomic mass is 9.81. The van der Waals surface area contributed by atoms with Gasteiger partial charge in [-0.15, -0.1) is 0 Å². The normalized spacial score (nSPS) is 18.5. The van der Waals surface area contributed by atoms with Crippen LogP contribution in [0.4, 0.5) is 0 Å². The Morgan fingerprint density at radius 3 is 2.73 bits per heavy atom. The highest BCUT2D eigenvalue weighted by Gasteiger charge is 2.29. The quantitative estimate of drug-likeness (QED) is 0.861. The minimum atomic E-state index is -0.840. The van der Waals surface area contributed by atoms with Crippen molar-refractivity contribution in [3.05, 3.63) is 39.4 Å². The van der Waals surface area contributed by atoms with Gasteiger partial charge in [-0.3, -0.25) is 9.59 Å². The number of allylic oxidation sites excluding steroid dienone is 1. The number of methoxy groups -OCH3 is 1. The summed E-state index contributed by atoms with van der Waals surface area (Å²) in [5, 5.41) is 9.23. The van der Waals surface area contributed by atoms with E-state index in [1.807, 2.05) is 18.2 Å². The SMILES string of the molecule is COc1ccc(CCC2=C(C)C(C(=O)O)CCC2=O)c(Br)c1. The van der Waals surface area contributed by atoms with E-state index in [0.717, 1.165) is 15.8 Å². The number of rotatable bonds is 5. The van der Waals surface area contributed by atoms with Crippen molar-refractivity contribution in [2.45, 2.75) is 32.6 Å². The average molecular weight is 367 g/mol. The van der Waals surface area contributed by atoms with E-state index in [1.165, 1.54) is 0 Å². The summed E-state index contributed by atoms with van der Waals surface area (Å²) < 4.78 is 6.09. The first-order valence-electron chi connectivity index (χ1n) is 7.22. The largest absolute Gasteiger partial charge is 0.497 e. The van der Waals surface area contributed by atoms with Gasteiger partial charge < -0.3 is 9.84 Å². The van der Waals surface area contributed by atoms with Gasteiger partial charge in [-0.05, 0) is 49.5 Å². The fourth-order valence-electron chi connectivity index (χ4n) is 2.84. The molecule has 0 heterocycles. The molecular weight excluding hydrogens is 348 g/mol. The van der Waals surface area contributed by atoms with Gasteiger partial charge in [0, 0.05) is 10.9 Å². The molecule has 0 spiro atoms. The summed E-state index contributed by atoms with van der Waals surface area (Å²) in [6, 6.07) is 5.73. The maximum absolute atomic E-state index is 12.1. The van der Waals surface area contributed by atoms with Gasteiger partial charge in [0.15, 0.2) is 5.78 Å². The average Bonchev–Trinajstić information content (AvgIpc) is 2.47. The molecule has 118 valence electrons. The summed E-state index contributed by atoms with van der Waals surface area (Å²) >= 11 is 3.50. The third-order valence-corrected chi connectivity index (χ3v) is 4.94. The van der Waals surface area contributed by atoms with E-state index in [1.54, 1.807) is 14.0 Å². The highest BCUT2D eigenvalue weighted by molar-refractivity contribution is 9.10. The summed E-state index contributed by atoms with van der Waals surface area (Å²) in [5.74, 6) is -0.509. The van der Waals surface area contributed by atoms with Gasteiger partial charge in [-0.25, -0.2) is 0 Å². The number of carbonyl (C=O) groups excluding carboxylic acids is 1. The zero-order chi connectivity index (χ0) is 16.3. The molecule has 1 aromatic carbocycles. The van der Waals surface area contributed by atoms with Crippen molar-refractivity contribution in [2.75, 3.05) is 7.11 Å². The molecule has 0 aliphatic heterocycles. The molecule has 4 nitrogen and oxygen atoms in total. The summed E-state index contributed by atoms with van der Waals surface area (Å²) in [6.07, 6.45) is 2.00. The molecule has 0 radical (unpaired) electrons. The molecule has 1 aromatic rings. The molecule has 22 heavy (non-hydrogen) atoms. The van der Waals surface area contributed by atoms with Crippen LogP contribution < -0.4 is 4.74 Å². The third kappa shape index (κ3) is 3.58. The first kappa shape index (κ1) is 16.7. The van der Waals surface area contributed by atoms with Crippen molar-refractivity contribution < 1.29 is 19.4 Å². The predicted molar refractivity (Wildman–Crippen MR) is 87.1 cm³/mol. The lowest BCUT2D eigenvalue weighted by Gasteiger charge is -2.23. The van der Waals surface area contributed by atoms with Gasteiger partial charge in [0.2, 0.25) is 0 Å². The number of ether oxygens (including phenoxy) is 1. The molecule has 1 aliphatic rings. The number of ketones is 1. The molecule has 0 saturated carbocycles. The van der Waals surface area contributed by atoms with Crippen LogP contribution in [0.5, 0.6) is 5.75 Å². The van der Waals surface area contributed by atoms with Crippen LogP contribution in [0.2, 0.25) is 0 Å². The molecule has 0 fully saturated rings. The highest BCUT2D eigenvalue weighted by atomic mass is 79.9. The first-order valence-corrected chi connectivity index (χ1v) is 8.01. The Morgan fingerprint density at radius 2 is 2.14 bits per heavy atom. The molecule has 2 rings (SSSR count). The summed E-state index contributed by atoms with van der Waals surface area (Å²) in [6.45, 7) is 1.77. The number of hydrogen-bond acceptors (Lipinski definition) is 3. The van der Waals surface area contributed by atoms with E-state index in [0.29, 0.717) is 36.8 Å².